The molecule has 1 aromatic carbocycles. The summed E-state index contributed by atoms with van der Waals surface area (Å²) in [6, 6.07) is 7.24. The van der Waals surface area contributed by atoms with Gasteiger partial charge in [-0.15, -0.1) is 0 Å². The number of benzene rings is 1. The van der Waals surface area contributed by atoms with E-state index >= 15 is 0 Å². The number of amides is 2. The average molecular weight is 345 g/mol. The number of aryl methyl sites for hydroxylation is 1. The molecule has 0 aromatic heterocycles. The van der Waals surface area contributed by atoms with Gasteiger partial charge in [0.1, 0.15) is 6.54 Å². The minimum atomic E-state index is -4.45. The SMILES string of the molecule is CCCN(CC(=O)NCC(F)(F)F)CC(=O)Nc1ccccc1C. The summed E-state index contributed by atoms with van der Waals surface area (Å²) < 4.78 is 36.3. The van der Waals surface area contributed by atoms with Crippen LogP contribution in [0.15, 0.2) is 24.3 Å². The van der Waals surface area contributed by atoms with E-state index in [0.717, 1.165) is 5.56 Å². The van der Waals surface area contributed by atoms with Crippen molar-refractivity contribution in [2.24, 2.45) is 0 Å². The molecule has 0 saturated heterocycles. The maximum absolute atomic E-state index is 12.1. The molecular formula is C16H22F3N3O2. The number of carbonyl (C=O) groups excluding carboxylic acids is 2. The zero-order chi connectivity index (χ0) is 18.2. The van der Waals surface area contributed by atoms with Crippen LogP contribution in [0.4, 0.5) is 18.9 Å². The van der Waals surface area contributed by atoms with Crippen molar-refractivity contribution in [2.75, 3.05) is 31.5 Å². The van der Waals surface area contributed by atoms with Crippen molar-refractivity contribution < 1.29 is 22.8 Å². The fourth-order valence-corrected chi connectivity index (χ4v) is 2.09. The highest BCUT2D eigenvalue weighted by atomic mass is 19.4. The zero-order valence-electron chi connectivity index (χ0n) is 13.7. The fourth-order valence-electron chi connectivity index (χ4n) is 2.09. The second-order valence-corrected chi connectivity index (χ2v) is 5.47. The number of nitrogens with zero attached hydrogens (tertiary/aromatic N) is 1. The van der Waals surface area contributed by atoms with Crippen molar-refractivity contribution in [3.8, 4) is 0 Å². The normalized spacial score (nSPS) is 11.4. The molecule has 0 aliphatic carbocycles. The predicted molar refractivity (Wildman–Crippen MR) is 85.6 cm³/mol. The van der Waals surface area contributed by atoms with Crippen LogP contribution in [0.3, 0.4) is 0 Å². The van der Waals surface area contributed by atoms with Gasteiger partial charge in [-0.05, 0) is 31.5 Å². The molecule has 1 rings (SSSR count). The fraction of sp³-hybridized carbons (Fsp3) is 0.500. The summed E-state index contributed by atoms with van der Waals surface area (Å²) in [7, 11) is 0. The topological polar surface area (TPSA) is 61.4 Å². The Morgan fingerprint density at radius 1 is 1.12 bits per heavy atom. The number of para-hydroxylation sites is 1. The van der Waals surface area contributed by atoms with Crippen molar-refractivity contribution >= 4 is 17.5 Å². The Bertz CT molecular complexity index is 562. The number of alkyl halides is 3. The summed E-state index contributed by atoms with van der Waals surface area (Å²) in [4.78, 5) is 25.2. The summed E-state index contributed by atoms with van der Waals surface area (Å²) in [5, 5.41) is 4.54. The molecule has 0 aliphatic heterocycles. The molecule has 0 saturated carbocycles. The number of hydrogen-bond donors (Lipinski definition) is 2. The maximum Gasteiger partial charge on any atom is 0.405 e. The van der Waals surface area contributed by atoms with Crippen LogP contribution in [0.2, 0.25) is 0 Å². The summed E-state index contributed by atoms with van der Waals surface area (Å²) in [6.45, 7) is 2.44. The van der Waals surface area contributed by atoms with E-state index in [2.05, 4.69) is 5.32 Å². The Morgan fingerprint density at radius 2 is 1.75 bits per heavy atom. The lowest BCUT2D eigenvalue weighted by Gasteiger charge is -2.21. The van der Waals surface area contributed by atoms with E-state index in [1.54, 1.807) is 17.4 Å². The first kappa shape index (κ1) is 20.0. The molecule has 0 fully saturated rings. The lowest BCUT2D eigenvalue weighted by Crippen LogP contribution is -2.43. The smallest absolute Gasteiger partial charge is 0.346 e. The largest absolute Gasteiger partial charge is 0.405 e. The first-order valence-electron chi connectivity index (χ1n) is 7.62. The first-order valence-corrected chi connectivity index (χ1v) is 7.62. The summed E-state index contributed by atoms with van der Waals surface area (Å²) in [6.07, 6.45) is -3.78. The lowest BCUT2D eigenvalue weighted by molar-refractivity contribution is -0.139. The molecule has 0 bridgehead atoms. The van der Waals surface area contributed by atoms with Crippen LogP contribution in [0.5, 0.6) is 0 Å². The molecular weight excluding hydrogens is 323 g/mol. The van der Waals surface area contributed by atoms with Crippen molar-refractivity contribution in [2.45, 2.75) is 26.4 Å². The van der Waals surface area contributed by atoms with E-state index < -0.39 is 18.6 Å². The number of carbonyl (C=O) groups is 2. The van der Waals surface area contributed by atoms with Gasteiger partial charge in [0.05, 0.1) is 13.1 Å². The zero-order valence-corrected chi connectivity index (χ0v) is 13.7. The van der Waals surface area contributed by atoms with Gasteiger partial charge in [0.25, 0.3) is 0 Å². The Hall–Kier alpha value is -2.09. The van der Waals surface area contributed by atoms with Gasteiger partial charge in [-0.25, -0.2) is 0 Å². The van der Waals surface area contributed by atoms with Gasteiger partial charge in [-0.1, -0.05) is 25.1 Å². The van der Waals surface area contributed by atoms with Crippen LogP contribution < -0.4 is 10.6 Å². The third-order valence-electron chi connectivity index (χ3n) is 3.18. The van der Waals surface area contributed by atoms with Gasteiger partial charge < -0.3 is 10.6 Å². The standard InChI is InChI=1S/C16H22F3N3O2/c1-3-8-22(9-14(23)20-11-16(17,18)19)10-15(24)21-13-7-5-4-6-12(13)2/h4-7H,3,8-11H2,1-2H3,(H,20,23)(H,21,24). The van der Waals surface area contributed by atoms with E-state index in [-0.39, 0.29) is 19.0 Å². The van der Waals surface area contributed by atoms with Gasteiger partial charge in [0, 0.05) is 5.69 Å². The van der Waals surface area contributed by atoms with Gasteiger partial charge in [-0.3, -0.25) is 14.5 Å². The number of rotatable bonds is 8. The Kier molecular flexibility index (Phi) is 7.70. The molecule has 24 heavy (non-hydrogen) atoms. The second-order valence-electron chi connectivity index (χ2n) is 5.47. The van der Waals surface area contributed by atoms with E-state index in [9.17, 15) is 22.8 Å². The molecule has 0 spiro atoms. The van der Waals surface area contributed by atoms with Crippen LogP contribution in [-0.2, 0) is 9.59 Å². The Balaban J connectivity index is 2.54. The van der Waals surface area contributed by atoms with Crippen LogP contribution in [0.25, 0.3) is 0 Å². The summed E-state index contributed by atoms with van der Waals surface area (Å²) in [5.41, 5.74) is 1.57. The highest BCUT2D eigenvalue weighted by Crippen LogP contribution is 2.13. The highest BCUT2D eigenvalue weighted by molar-refractivity contribution is 5.93. The molecule has 2 N–H and O–H groups in total. The number of hydrogen-bond acceptors (Lipinski definition) is 3. The van der Waals surface area contributed by atoms with Crippen molar-refractivity contribution in [3.63, 3.8) is 0 Å². The van der Waals surface area contributed by atoms with Crippen molar-refractivity contribution in [1.29, 1.82) is 0 Å². The van der Waals surface area contributed by atoms with Gasteiger partial charge in [-0.2, -0.15) is 13.2 Å². The summed E-state index contributed by atoms with van der Waals surface area (Å²) in [5.74, 6) is -1.08. The highest BCUT2D eigenvalue weighted by Gasteiger charge is 2.28. The molecule has 2 amide bonds. The van der Waals surface area contributed by atoms with Crippen molar-refractivity contribution in [3.05, 3.63) is 29.8 Å². The van der Waals surface area contributed by atoms with E-state index in [0.29, 0.717) is 18.7 Å². The number of anilines is 1. The summed E-state index contributed by atoms with van der Waals surface area (Å²) >= 11 is 0. The molecule has 8 heteroatoms. The van der Waals surface area contributed by atoms with E-state index in [1.165, 1.54) is 4.90 Å². The molecule has 0 aliphatic rings. The van der Waals surface area contributed by atoms with E-state index in [4.69, 9.17) is 0 Å². The average Bonchev–Trinajstić information content (AvgIpc) is 2.47. The molecule has 1 aromatic rings. The monoisotopic (exact) mass is 345 g/mol. The Labute approximate surface area is 139 Å². The van der Waals surface area contributed by atoms with Gasteiger partial charge in [0.2, 0.25) is 11.8 Å². The molecule has 0 radical (unpaired) electrons. The van der Waals surface area contributed by atoms with Crippen LogP contribution in [-0.4, -0.2) is 49.1 Å². The molecule has 5 nitrogen and oxygen atoms in total. The minimum Gasteiger partial charge on any atom is -0.346 e. The third-order valence-corrected chi connectivity index (χ3v) is 3.18. The molecule has 134 valence electrons. The van der Waals surface area contributed by atoms with Gasteiger partial charge >= 0.3 is 6.18 Å². The first-order chi connectivity index (χ1) is 11.2. The number of halogens is 3. The van der Waals surface area contributed by atoms with Crippen molar-refractivity contribution in [1.82, 2.24) is 10.2 Å². The third kappa shape index (κ3) is 7.96. The molecule has 0 atom stereocenters. The quantitative estimate of drug-likeness (QED) is 0.760. The lowest BCUT2D eigenvalue weighted by atomic mass is 10.2. The van der Waals surface area contributed by atoms with Crippen LogP contribution >= 0.6 is 0 Å². The second kappa shape index (κ2) is 9.27. The van der Waals surface area contributed by atoms with Crippen LogP contribution in [0.1, 0.15) is 18.9 Å². The van der Waals surface area contributed by atoms with Gasteiger partial charge in [0.15, 0.2) is 0 Å². The Morgan fingerprint density at radius 3 is 2.33 bits per heavy atom. The number of nitrogens with one attached hydrogen (secondary N) is 2. The van der Waals surface area contributed by atoms with Crippen LogP contribution in [0, 0.1) is 6.92 Å². The molecule has 0 heterocycles. The van der Waals surface area contributed by atoms with E-state index in [1.807, 2.05) is 26.0 Å². The predicted octanol–water partition coefficient (Wildman–Crippen LogP) is 2.32. The minimum absolute atomic E-state index is 0.0678. The maximum atomic E-state index is 12.1. The molecule has 0 unspecified atom stereocenters.